The molecule has 0 amide bonds. The summed E-state index contributed by atoms with van der Waals surface area (Å²) in [5.74, 6) is -0.825. The average Bonchev–Trinajstić information content (AvgIpc) is 3.09. The fraction of sp³-hybridized carbons (Fsp3) is 0.857. The van der Waals surface area contributed by atoms with Gasteiger partial charge in [0, 0.05) is 12.8 Å². The summed E-state index contributed by atoms with van der Waals surface area (Å²) in [6, 6.07) is 0. The van der Waals surface area contributed by atoms with Gasteiger partial charge in [0.05, 0.1) is 27.7 Å². The van der Waals surface area contributed by atoms with E-state index in [0.717, 1.165) is 57.8 Å². The van der Waals surface area contributed by atoms with Crippen LogP contribution in [0.15, 0.2) is 24.3 Å². The lowest BCUT2D eigenvalue weighted by molar-refractivity contribution is -0.870. The number of nitrogens with zero attached hydrogens (tertiary/aromatic N) is 1. The van der Waals surface area contributed by atoms with E-state index in [4.69, 9.17) is 18.5 Å². The van der Waals surface area contributed by atoms with E-state index in [0.29, 0.717) is 23.9 Å². The van der Waals surface area contributed by atoms with Crippen LogP contribution in [0.25, 0.3) is 0 Å². The van der Waals surface area contributed by atoms with Crippen LogP contribution in [0, 0.1) is 0 Å². The Bertz CT molecular complexity index is 949. The van der Waals surface area contributed by atoms with Crippen molar-refractivity contribution in [3.8, 4) is 0 Å². The van der Waals surface area contributed by atoms with E-state index in [2.05, 4.69) is 38.2 Å². The molecule has 52 heavy (non-hydrogen) atoms. The highest BCUT2D eigenvalue weighted by Crippen LogP contribution is 2.43. The smallest absolute Gasteiger partial charge is 0.462 e. The van der Waals surface area contributed by atoms with Gasteiger partial charge in [0.25, 0.3) is 0 Å². The molecule has 0 heterocycles. The van der Waals surface area contributed by atoms with Crippen LogP contribution in [0.4, 0.5) is 0 Å². The van der Waals surface area contributed by atoms with E-state index < -0.39 is 26.5 Å². The van der Waals surface area contributed by atoms with Crippen LogP contribution >= 0.6 is 7.82 Å². The molecule has 0 aliphatic rings. The molecule has 0 rings (SSSR count). The summed E-state index contributed by atoms with van der Waals surface area (Å²) in [5, 5.41) is 0. The second-order valence-corrected chi connectivity index (χ2v) is 16.8. The first-order valence-electron chi connectivity index (χ1n) is 21.1. The number of phosphoric ester groups is 1. The largest absolute Gasteiger partial charge is 0.472 e. The zero-order valence-electron chi connectivity index (χ0n) is 34.3. The molecule has 9 nitrogen and oxygen atoms in total. The molecule has 0 aromatic heterocycles. The van der Waals surface area contributed by atoms with Gasteiger partial charge in [-0.05, 0) is 64.2 Å². The minimum atomic E-state index is -4.37. The van der Waals surface area contributed by atoms with Gasteiger partial charge < -0.3 is 18.9 Å². The van der Waals surface area contributed by atoms with E-state index in [-0.39, 0.29) is 32.0 Å². The molecule has 0 saturated heterocycles. The molecular formula is C42H81NO8P+. The average molecular weight is 759 g/mol. The van der Waals surface area contributed by atoms with Gasteiger partial charge in [-0.2, -0.15) is 0 Å². The predicted octanol–water partition coefficient (Wildman–Crippen LogP) is 11.6. The van der Waals surface area contributed by atoms with E-state index in [1.165, 1.54) is 83.5 Å². The van der Waals surface area contributed by atoms with Crippen molar-refractivity contribution in [2.45, 2.75) is 187 Å². The summed E-state index contributed by atoms with van der Waals surface area (Å²) < 4.78 is 34.2. The number of unbranched alkanes of at least 4 members (excludes halogenated alkanes) is 20. The number of phosphoric acid groups is 1. The lowest BCUT2D eigenvalue weighted by atomic mass is 10.1. The van der Waals surface area contributed by atoms with Gasteiger partial charge in [0.2, 0.25) is 0 Å². The summed E-state index contributed by atoms with van der Waals surface area (Å²) in [6.45, 7) is 4.38. The fourth-order valence-corrected chi connectivity index (χ4v) is 6.33. The van der Waals surface area contributed by atoms with Crippen LogP contribution in [0.2, 0.25) is 0 Å². The molecular weight excluding hydrogens is 677 g/mol. The standard InChI is InChI=1S/C42H80NO8P/c1-6-8-10-12-14-16-18-20-21-23-24-26-28-30-32-34-41(44)48-38-40(39-50-52(46,47)49-37-36-43(3,4)5)51-42(45)35-33-31-29-27-25-22-19-17-15-13-11-9-7-2/h17,19,23-24,40H,6-16,18,20-22,25-39H2,1-5H3/p+1/b19-17+,24-23+/t40-/m1/s1. The molecule has 0 aromatic rings. The lowest BCUT2D eigenvalue weighted by Crippen LogP contribution is -2.37. The van der Waals surface area contributed by atoms with Gasteiger partial charge in [0.1, 0.15) is 19.8 Å². The maximum atomic E-state index is 12.6. The second-order valence-electron chi connectivity index (χ2n) is 15.4. The molecule has 10 heteroatoms. The number of hydrogen-bond acceptors (Lipinski definition) is 7. The van der Waals surface area contributed by atoms with E-state index in [1.54, 1.807) is 0 Å². The molecule has 0 aromatic carbocycles. The van der Waals surface area contributed by atoms with Crippen molar-refractivity contribution in [2.24, 2.45) is 0 Å². The van der Waals surface area contributed by atoms with Gasteiger partial charge in [-0.25, -0.2) is 4.57 Å². The van der Waals surface area contributed by atoms with E-state index in [9.17, 15) is 19.0 Å². The van der Waals surface area contributed by atoms with Crippen LogP contribution in [0.3, 0.4) is 0 Å². The summed E-state index contributed by atoms with van der Waals surface area (Å²) >= 11 is 0. The molecule has 1 N–H and O–H groups in total. The third-order valence-electron chi connectivity index (χ3n) is 8.95. The zero-order valence-corrected chi connectivity index (χ0v) is 35.2. The number of carbonyl (C=O) groups is 2. The van der Waals surface area contributed by atoms with Crippen LogP contribution in [0.1, 0.15) is 181 Å². The summed E-state index contributed by atoms with van der Waals surface area (Å²) in [6.07, 6.45) is 36.5. The molecule has 0 spiro atoms. The molecule has 0 radical (unpaired) electrons. The fourth-order valence-electron chi connectivity index (χ4n) is 5.59. The Morgan fingerprint density at radius 1 is 0.577 bits per heavy atom. The van der Waals surface area contributed by atoms with Crippen molar-refractivity contribution in [1.82, 2.24) is 0 Å². The van der Waals surface area contributed by atoms with Gasteiger partial charge in [-0.15, -0.1) is 0 Å². The Labute approximate surface area is 319 Å². The van der Waals surface area contributed by atoms with Gasteiger partial charge >= 0.3 is 19.8 Å². The Morgan fingerprint density at radius 2 is 0.981 bits per heavy atom. The summed E-state index contributed by atoms with van der Waals surface area (Å²) in [5.41, 5.74) is 0. The minimum absolute atomic E-state index is 0.0289. The molecule has 2 atom stereocenters. The van der Waals surface area contributed by atoms with Gasteiger partial charge in [0.15, 0.2) is 6.10 Å². The monoisotopic (exact) mass is 759 g/mol. The first-order valence-corrected chi connectivity index (χ1v) is 22.6. The Balaban J connectivity index is 4.41. The highest BCUT2D eigenvalue weighted by molar-refractivity contribution is 7.47. The van der Waals surface area contributed by atoms with Crippen molar-refractivity contribution in [2.75, 3.05) is 47.5 Å². The number of esters is 2. The van der Waals surface area contributed by atoms with Crippen LogP contribution in [0.5, 0.6) is 0 Å². The molecule has 0 fully saturated rings. The first kappa shape index (κ1) is 50.5. The molecule has 0 aliphatic heterocycles. The lowest BCUT2D eigenvalue weighted by Gasteiger charge is -2.24. The zero-order chi connectivity index (χ0) is 38.6. The number of carbonyl (C=O) groups excluding carboxylic acids is 2. The van der Waals surface area contributed by atoms with Crippen molar-refractivity contribution in [3.63, 3.8) is 0 Å². The SMILES string of the molecule is CCCCCC/C=C/CCCCCCCC(=O)O[C@H](COC(=O)CCCCC/C=C/CCCCCCCCCC)COP(=O)(O)OCC[N+](C)(C)C. The quantitative estimate of drug-likeness (QED) is 0.0218. The number of ether oxygens (including phenoxy) is 2. The van der Waals surface area contributed by atoms with Crippen molar-refractivity contribution in [3.05, 3.63) is 24.3 Å². The third kappa shape index (κ3) is 38.2. The molecule has 1 unspecified atom stereocenters. The Morgan fingerprint density at radius 3 is 1.46 bits per heavy atom. The number of hydrogen-bond donors (Lipinski definition) is 1. The number of allylic oxidation sites excluding steroid dienone is 4. The molecule has 0 saturated carbocycles. The summed E-state index contributed by atoms with van der Waals surface area (Å²) in [7, 11) is 1.46. The molecule has 0 bridgehead atoms. The molecule has 0 aliphatic carbocycles. The van der Waals surface area contributed by atoms with E-state index in [1.807, 2.05) is 21.1 Å². The molecule has 306 valence electrons. The Kier molecular flexibility index (Phi) is 34.2. The van der Waals surface area contributed by atoms with Crippen molar-refractivity contribution < 1.29 is 42.1 Å². The second kappa shape index (κ2) is 35.2. The van der Waals surface area contributed by atoms with Crippen LogP contribution in [-0.4, -0.2) is 74.9 Å². The number of likely N-dealkylation sites (N-methyl/N-ethyl adjacent to an activating group) is 1. The highest BCUT2D eigenvalue weighted by Gasteiger charge is 2.27. The van der Waals surface area contributed by atoms with E-state index >= 15 is 0 Å². The number of rotatable bonds is 38. The highest BCUT2D eigenvalue weighted by atomic mass is 31.2. The van der Waals surface area contributed by atoms with Crippen LogP contribution < -0.4 is 0 Å². The first-order chi connectivity index (χ1) is 25.0. The minimum Gasteiger partial charge on any atom is -0.462 e. The summed E-state index contributed by atoms with van der Waals surface area (Å²) in [4.78, 5) is 35.3. The maximum Gasteiger partial charge on any atom is 0.472 e. The third-order valence-corrected chi connectivity index (χ3v) is 9.94. The van der Waals surface area contributed by atoms with Crippen molar-refractivity contribution in [1.29, 1.82) is 0 Å². The predicted molar refractivity (Wildman–Crippen MR) is 215 cm³/mol. The number of quaternary nitrogens is 1. The van der Waals surface area contributed by atoms with Gasteiger partial charge in [-0.3, -0.25) is 18.6 Å². The van der Waals surface area contributed by atoms with Crippen LogP contribution in [-0.2, 0) is 32.7 Å². The Hall–Kier alpha value is -1.51. The van der Waals surface area contributed by atoms with Gasteiger partial charge in [-0.1, -0.05) is 128 Å². The van der Waals surface area contributed by atoms with Crippen molar-refractivity contribution >= 4 is 19.8 Å². The maximum absolute atomic E-state index is 12.6. The topological polar surface area (TPSA) is 108 Å². The normalized spacial score (nSPS) is 13.9.